The Morgan fingerprint density at radius 1 is 1.11 bits per heavy atom. The first-order chi connectivity index (χ1) is 8.94. The van der Waals surface area contributed by atoms with Crippen molar-refractivity contribution in [3.8, 4) is 0 Å². The molecular formula is C15H28N2O2. The number of ether oxygens (including phenoxy) is 1. The van der Waals surface area contributed by atoms with Crippen molar-refractivity contribution in [1.82, 2.24) is 10.2 Å². The lowest BCUT2D eigenvalue weighted by atomic mass is 10.0. The zero-order valence-electron chi connectivity index (χ0n) is 12.6. The molecule has 2 rings (SSSR count). The van der Waals surface area contributed by atoms with Crippen LogP contribution in [0.25, 0.3) is 0 Å². The van der Waals surface area contributed by atoms with E-state index in [-0.39, 0.29) is 12.1 Å². The monoisotopic (exact) mass is 268 g/mol. The summed E-state index contributed by atoms with van der Waals surface area (Å²) in [6.07, 6.45) is 7.34. The molecular weight excluding hydrogens is 240 g/mol. The number of likely N-dealkylation sites (tertiary alicyclic amines) is 1. The van der Waals surface area contributed by atoms with E-state index < -0.39 is 5.60 Å². The molecule has 0 unspecified atom stereocenters. The van der Waals surface area contributed by atoms with E-state index in [1.165, 1.54) is 25.7 Å². The van der Waals surface area contributed by atoms with Gasteiger partial charge in [-0.2, -0.15) is 0 Å². The van der Waals surface area contributed by atoms with Gasteiger partial charge in [-0.3, -0.25) is 0 Å². The van der Waals surface area contributed by atoms with Crippen LogP contribution in [0.3, 0.4) is 0 Å². The van der Waals surface area contributed by atoms with Gasteiger partial charge < -0.3 is 15.0 Å². The van der Waals surface area contributed by atoms with Gasteiger partial charge in [0.15, 0.2) is 0 Å². The molecule has 4 heteroatoms. The fraction of sp³-hybridized carbons (Fsp3) is 0.933. The minimum Gasteiger partial charge on any atom is -0.444 e. The van der Waals surface area contributed by atoms with Gasteiger partial charge in [0.2, 0.25) is 0 Å². The second-order valence-electron chi connectivity index (χ2n) is 6.89. The number of nitrogens with zero attached hydrogens (tertiary/aromatic N) is 1. The van der Waals surface area contributed by atoms with Crippen molar-refractivity contribution in [2.45, 2.75) is 77.0 Å². The Labute approximate surface area is 116 Å². The summed E-state index contributed by atoms with van der Waals surface area (Å²) in [7, 11) is 0. The molecule has 1 heterocycles. The van der Waals surface area contributed by atoms with E-state index in [9.17, 15) is 4.79 Å². The molecule has 19 heavy (non-hydrogen) atoms. The van der Waals surface area contributed by atoms with Crippen molar-refractivity contribution < 1.29 is 9.53 Å². The van der Waals surface area contributed by atoms with Crippen LogP contribution in [0.15, 0.2) is 0 Å². The number of hydrogen-bond donors (Lipinski definition) is 1. The average molecular weight is 268 g/mol. The van der Waals surface area contributed by atoms with Gasteiger partial charge in [0, 0.05) is 25.2 Å². The zero-order valence-corrected chi connectivity index (χ0v) is 12.6. The fourth-order valence-corrected chi connectivity index (χ4v) is 3.15. The lowest BCUT2D eigenvalue weighted by Gasteiger charge is -2.36. The van der Waals surface area contributed by atoms with Gasteiger partial charge in [-0.1, -0.05) is 12.8 Å². The predicted octanol–water partition coefficient (Wildman–Crippen LogP) is 2.92. The molecule has 1 saturated carbocycles. The van der Waals surface area contributed by atoms with Crippen LogP contribution in [0.4, 0.5) is 4.79 Å². The number of carbonyl (C=O) groups excluding carboxylic acids is 1. The number of alkyl carbamates (subject to hydrolysis) is 1. The second-order valence-corrected chi connectivity index (χ2v) is 6.89. The fourth-order valence-electron chi connectivity index (χ4n) is 3.15. The molecule has 0 spiro atoms. The van der Waals surface area contributed by atoms with Crippen LogP contribution < -0.4 is 5.32 Å². The summed E-state index contributed by atoms with van der Waals surface area (Å²) < 4.78 is 5.30. The highest BCUT2D eigenvalue weighted by Gasteiger charge is 2.28. The number of amides is 1. The quantitative estimate of drug-likeness (QED) is 0.837. The minimum absolute atomic E-state index is 0.271. The molecule has 0 aromatic rings. The van der Waals surface area contributed by atoms with E-state index in [1.807, 2.05) is 20.8 Å². The van der Waals surface area contributed by atoms with Crippen LogP contribution in [0.5, 0.6) is 0 Å². The zero-order chi connectivity index (χ0) is 13.9. The summed E-state index contributed by atoms with van der Waals surface area (Å²) in [5.74, 6) is 0. The Balaban J connectivity index is 1.69. The molecule has 0 aromatic carbocycles. The van der Waals surface area contributed by atoms with Gasteiger partial charge >= 0.3 is 6.09 Å². The van der Waals surface area contributed by atoms with Crippen LogP contribution in [-0.4, -0.2) is 41.8 Å². The maximum Gasteiger partial charge on any atom is 0.407 e. The normalized spacial score (nSPS) is 23.5. The van der Waals surface area contributed by atoms with Gasteiger partial charge in [0.05, 0.1) is 0 Å². The Morgan fingerprint density at radius 2 is 1.68 bits per heavy atom. The van der Waals surface area contributed by atoms with Crippen LogP contribution in [0.2, 0.25) is 0 Å². The number of rotatable bonds is 2. The lowest BCUT2D eigenvalue weighted by Crippen LogP contribution is -2.48. The number of carbonyl (C=O) groups is 1. The highest BCUT2D eigenvalue weighted by molar-refractivity contribution is 5.68. The summed E-state index contributed by atoms with van der Waals surface area (Å²) in [6.45, 7) is 7.93. The smallest absolute Gasteiger partial charge is 0.407 e. The first kappa shape index (κ1) is 14.6. The number of hydrogen-bond acceptors (Lipinski definition) is 3. The van der Waals surface area contributed by atoms with E-state index >= 15 is 0 Å². The van der Waals surface area contributed by atoms with Crippen molar-refractivity contribution in [1.29, 1.82) is 0 Å². The Morgan fingerprint density at radius 3 is 2.21 bits per heavy atom. The van der Waals surface area contributed by atoms with Gasteiger partial charge in [0.1, 0.15) is 5.60 Å². The van der Waals surface area contributed by atoms with Crippen LogP contribution in [0, 0.1) is 0 Å². The topological polar surface area (TPSA) is 41.6 Å². The molecule has 1 aliphatic carbocycles. The van der Waals surface area contributed by atoms with Gasteiger partial charge in [0.25, 0.3) is 0 Å². The highest BCUT2D eigenvalue weighted by Crippen LogP contribution is 2.26. The number of piperidine rings is 1. The summed E-state index contributed by atoms with van der Waals surface area (Å²) in [4.78, 5) is 14.3. The van der Waals surface area contributed by atoms with Crippen molar-refractivity contribution in [2.24, 2.45) is 0 Å². The summed E-state index contributed by atoms with van der Waals surface area (Å²) in [6, 6.07) is 1.09. The van der Waals surface area contributed by atoms with Crippen LogP contribution in [0.1, 0.15) is 59.3 Å². The summed E-state index contributed by atoms with van der Waals surface area (Å²) >= 11 is 0. The molecule has 1 aliphatic heterocycles. The summed E-state index contributed by atoms with van der Waals surface area (Å²) in [5, 5.41) is 3.00. The van der Waals surface area contributed by atoms with E-state index in [1.54, 1.807) is 0 Å². The van der Waals surface area contributed by atoms with E-state index in [0.29, 0.717) is 0 Å². The Bertz CT molecular complexity index is 298. The molecule has 2 aliphatic rings. The third-order valence-corrected chi connectivity index (χ3v) is 4.09. The molecule has 4 nitrogen and oxygen atoms in total. The molecule has 0 bridgehead atoms. The predicted molar refractivity (Wildman–Crippen MR) is 76.2 cm³/mol. The van der Waals surface area contributed by atoms with Crippen molar-refractivity contribution in [2.75, 3.05) is 13.1 Å². The average Bonchev–Trinajstić information content (AvgIpc) is 2.80. The standard InChI is InChI=1S/C15H28N2O2/c1-15(2,3)19-14(18)16-12-8-10-17(11-9-12)13-6-4-5-7-13/h12-13H,4-11H2,1-3H3,(H,16,18). The van der Waals surface area contributed by atoms with Gasteiger partial charge in [-0.05, 0) is 46.5 Å². The Kier molecular flexibility index (Phi) is 4.71. The maximum atomic E-state index is 11.7. The lowest BCUT2D eigenvalue weighted by molar-refractivity contribution is 0.0469. The second kappa shape index (κ2) is 6.12. The molecule has 1 amide bonds. The molecule has 0 radical (unpaired) electrons. The minimum atomic E-state index is -0.408. The molecule has 0 aromatic heterocycles. The maximum absolute atomic E-state index is 11.7. The molecule has 110 valence electrons. The van der Waals surface area contributed by atoms with Crippen molar-refractivity contribution >= 4 is 6.09 Å². The van der Waals surface area contributed by atoms with Crippen LogP contribution >= 0.6 is 0 Å². The SMILES string of the molecule is CC(C)(C)OC(=O)NC1CCN(C2CCCC2)CC1. The van der Waals surface area contributed by atoms with Gasteiger partial charge in [-0.15, -0.1) is 0 Å². The van der Waals surface area contributed by atoms with Gasteiger partial charge in [-0.25, -0.2) is 4.79 Å². The Hall–Kier alpha value is -0.770. The van der Waals surface area contributed by atoms with Crippen molar-refractivity contribution in [3.05, 3.63) is 0 Å². The molecule has 0 atom stereocenters. The third kappa shape index (κ3) is 4.68. The molecule has 1 saturated heterocycles. The van der Waals surface area contributed by atoms with E-state index in [0.717, 1.165) is 32.0 Å². The first-order valence-electron chi connectivity index (χ1n) is 7.67. The third-order valence-electron chi connectivity index (χ3n) is 4.09. The summed E-state index contributed by atoms with van der Waals surface area (Å²) in [5.41, 5.74) is -0.408. The van der Waals surface area contributed by atoms with Crippen molar-refractivity contribution in [3.63, 3.8) is 0 Å². The number of nitrogens with one attached hydrogen (secondary N) is 1. The van der Waals surface area contributed by atoms with E-state index in [4.69, 9.17) is 4.74 Å². The molecule has 1 N–H and O–H groups in total. The largest absolute Gasteiger partial charge is 0.444 e. The molecule has 2 fully saturated rings. The van der Waals surface area contributed by atoms with Crippen LogP contribution in [-0.2, 0) is 4.74 Å². The van der Waals surface area contributed by atoms with E-state index in [2.05, 4.69) is 10.2 Å². The first-order valence-corrected chi connectivity index (χ1v) is 7.67. The highest BCUT2D eigenvalue weighted by atomic mass is 16.6.